The van der Waals surface area contributed by atoms with Crippen molar-refractivity contribution in [3.05, 3.63) is 65.2 Å². The normalized spacial score (nSPS) is 13.3. The SMILES string of the molecule is C[C@@H](NC(=O)[C@H](C)N(C)CCOc1cccc(Cl)c1)c1ccccc1. The Labute approximate surface area is 154 Å². The maximum atomic E-state index is 12.4. The van der Waals surface area contributed by atoms with Crippen LogP contribution in [0, 0.1) is 0 Å². The molecule has 2 aromatic carbocycles. The first-order chi connectivity index (χ1) is 12.0. The molecule has 134 valence electrons. The third-order valence-corrected chi connectivity index (χ3v) is 4.44. The van der Waals surface area contributed by atoms with E-state index in [1.807, 2.05) is 68.3 Å². The number of rotatable bonds is 8. The van der Waals surface area contributed by atoms with Gasteiger partial charge in [-0.05, 0) is 44.7 Å². The van der Waals surface area contributed by atoms with Crippen LogP contribution >= 0.6 is 11.6 Å². The monoisotopic (exact) mass is 360 g/mol. The van der Waals surface area contributed by atoms with Crippen molar-refractivity contribution in [2.75, 3.05) is 20.2 Å². The van der Waals surface area contributed by atoms with Gasteiger partial charge in [0.1, 0.15) is 12.4 Å². The Balaban J connectivity index is 1.78. The number of benzene rings is 2. The second kappa shape index (κ2) is 9.44. The molecule has 0 aliphatic heterocycles. The Hall–Kier alpha value is -2.04. The van der Waals surface area contributed by atoms with Gasteiger partial charge < -0.3 is 10.1 Å². The Kier molecular flexibility index (Phi) is 7.29. The zero-order valence-corrected chi connectivity index (χ0v) is 15.7. The molecular weight excluding hydrogens is 336 g/mol. The molecule has 0 aromatic heterocycles. The van der Waals surface area contributed by atoms with Crippen LogP contribution in [0.5, 0.6) is 5.75 Å². The quantitative estimate of drug-likeness (QED) is 0.775. The van der Waals surface area contributed by atoms with Gasteiger partial charge >= 0.3 is 0 Å². The van der Waals surface area contributed by atoms with Gasteiger partial charge in [0.15, 0.2) is 0 Å². The molecule has 0 heterocycles. The van der Waals surface area contributed by atoms with E-state index in [0.717, 1.165) is 11.3 Å². The second-order valence-electron chi connectivity index (χ2n) is 6.10. The van der Waals surface area contributed by atoms with Gasteiger partial charge in [0, 0.05) is 11.6 Å². The van der Waals surface area contributed by atoms with E-state index < -0.39 is 0 Å². The summed E-state index contributed by atoms with van der Waals surface area (Å²) in [6, 6.07) is 17.0. The highest BCUT2D eigenvalue weighted by atomic mass is 35.5. The van der Waals surface area contributed by atoms with Crippen LogP contribution in [0.3, 0.4) is 0 Å². The molecule has 2 atom stereocenters. The summed E-state index contributed by atoms with van der Waals surface area (Å²) in [5.74, 6) is 0.734. The molecule has 2 rings (SSSR count). The average molecular weight is 361 g/mol. The van der Waals surface area contributed by atoms with Crippen molar-refractivity contribution in [2.24, 2.45) is 0 Å². The summed E-state index contributed by atoms with van der Waals surface area (Å²) in [5, 5.41) is 3.70. The van der Waals surface area contributed by atoms with Crippen LogP contribution in [-0.2, 0) is 4.79 Å². The fourth-order valence-electron chi connectivity index (χ4n) is 2.42. The third kappa shape index (κ3) is 6.07. The molecular formula is C20H25ClN2O2. The number of halogens is 1. The first-order valence-corrected chi connectivity index (χ1v) is 8.79. The molecule has 0 aliphatic rings. The fraction of sp³-hybridized carbons (Fsp3) is 0.350. The molecule has 1 amide bonds. The Morgan fingerprint density at radius 1 is 1.16 bits per heavy atom. The lowest BCUT2D eigenvalue weighted by Gasteiger charge is -2.25. The maximum Gasteiger partial charge on any atom is 0.237 e. The molecule has 0 saturated carbocycles. The molecule has 5 heteroatoms. The molecule has 0 spiro atoms. The van der Waals surface area contributed by atoms with Crippen molar-refractivity contribution in [2.45, 2.75) is 25.9 Å². The first-order valence-electron chi connectivity index (χ1n) is 8.41. The number of carbonyl (C=O) groups is 1. The Morgan fingerprint density at radius 3 is 2.56 bits per heavy atom. The van der Waals surface area contributed by atoms with Crippen molar-refractivity contribution >= 4 is 17.5 Å². The van der Waals surface area contributed by atoms with E-state index in [-0.39, 0.29) is 18.0 Å². The van der Waals surface area contributed by atoms with E-state index >= 15 is 0 Å². The maximum absolute atomic E-state index is 12.4. The number of ether oxygens (including phenoxy) is 1. The van der Waals surface area contributed by atoms with Gasteiger partial charge in [-0.25, -0.2) is 0 Å². The number of hydrogen-bond acceptors (Lipinski definition) is 3. The van der Waals surface area contributed by atoms with E-state index in [2.05, 4.69) is 5.32 Å². The topological polar surface area (TPSA) is 41.6 Å². The number of carbonyl (C=O) groups excluding carboxylic acids is 1. The van der Waals surface area contributed by atoms with Crippen molar-refractivity contribution in [3.8, 4) is 5.75 Å². The van der Waals surface area contributed by atoms with Crippen LogP contribution in [0.1, 0.15) is 25.5 Å². The van der Waals surface area contributed by atoms with Gasteiger partial charge in [-0.2, -0.15) is 0 Å². The summed E-state index contributed by atoms with van der Waals surface area (Å²) >= 11 is 5.93. The lowest BCUT2D eigenvalue weighted by molar-refractivity contribution is -0.126. The second-order valence-corrected chi connectivity index (χ2v) is 6.54. The van der Waals surface area contributed by atoms with Crippen molar-refractivity contribution in [1.82, 2.24) is 10.2 Å². The molecule has 25 heavy (non-hydrogen) atoms. The molecule has 0 bridgehead atoms. The summed E-state index contributed by atoms with van der Waals surface area (Å²) in [5.41, 5.74) is 1.09. The average Bonchev–Trinajstić information content (AvgIpc) is 2.61. The minimum absolute atomic E-state index is 0.00149. The van der Waals surface area contributed by atoms with E-state index in [4.69, 9.17) is 16.3 Å². The summed E-state index contributed by atoms with van der Waals surface area (Å²) < 4.78 is 5.68. The number of likely N-dealkylation sites (N-methyl/N-ethyl adjacent to an activating group) is 1. The van der Waals surface area contributed by atoms with Crippen LogP contribution in [0.25, 0.3) is 0 Å². The van der Waals surface area contributed by atoms with E-state index in [0.29, 0.717) is 18.2 Å². The number of hydrogen-bond donors (Lipinski definition) is 1. The van der Waals surface area contributed by atoms with Crippen molar-refractivity contribution in [3.63, 3.8) is 0 Å². The summed E-state index contributed by atoms with van der Waals surface area (Å²) in [7, 11) is 1.92. The van der Waals surface area contributed by atoms with Crippen LogP contribution in [0.2, 0.25) is 5.02 Å². The zero-order chi connectivity index (χ0) is 18.2. The summed E-state index contributed by atoms with van der Waals surface area (Å²) in [6.07, 6.45) is 0. The van der Waals surface area contributed by atoms with Crippen LogP contribution in [0.4, 0.5) is 0 Å². The highest BCUT2D eigenvalue weighted by molar-refractivity contribution is 6.30. The molecule has 0 fully saturated rings. The van der Waals surface area contributed by atoms with Gasteiger partial charge in [0.2, 0.25) is 5.91 Å². The van der Waals surface area contributed by atoms with Gasteiger partial charge in [0.25, 0.3) is 0 Å². The molecule has 0 unspecified atom stereocenters. The standard InChI is InChI=1S/C20H25ClN2O2/c1-15(17-8-5-4-6-9-17)22-20(24)16(2)23(3)12-13-25-19-11-7-10-18(21)14-19/h4-11,14-16H,12-13H2,1-3H3,(H,22,24)/t15-,16+/m1/s1. The zero-order valence-electron chi connectivity index (χ0n) is 14.9. The number of amides is 1. The largest absolute Gasteiger partial charge is 0.492 e. The predicted octanol–water partition coefficient (Wildman–Crippen LogP) is 3.92. The highest BCUT2D eigenvalue weighted by Gasteiger charge is 2.19. The minimum atomic E-state index is -0.242. The molecule has 0 radical (unpaired) electrons. The molecule has 2 aromatic rings. The molecule has 1 N–H and O–H groups in total. The van der Waals surface area contributed by atoms with Crippen molar-refractivity contribution < 1.29 is 9.53 Å². The first kappa shape index (κ1) is 19.3. The molecule has 0 aliphatic carbocycles. The lowest BCUT2D eigenvalue weighted by atomic mass is 10.1. The summed E-state index contributed by atoms with van der Waals surface area (Å²) in [4.78, 5) is 14.4. The number of nitrogens with zero attached hydrogens (tertiary/aromatic N) is 1. The Bertz CT molecular complexity index is 678. The van der Waals surface area contributed by atoms with Gasteiger partial charge in [-0.1, -0.05) is 48.0 Å². The Morgan fingerprint density at radius 2 is 1.88 bits per heavy atom. The third-order valence-electron chi connectivity index (χ3n) is 4.21. The molecule has 0 saturated heterocycles. The minimum Gasteiger partial charge on any atom is -0.492 e. The van der Waals surface area contributed by atoms with E-state index in [1.165, 1.54) is 0 Å². The lowest BCUT2D eigenvalue weighted by Crippen LogP contribution is -2.45. The van der Waals surface area contributed by atoms with Gasteiger partial charge in [-0.15, -0.1) is 0 Å². The fourth-order valence-corrected chi connectivity index (χ4v) is 2.60. The van der Waals surface area contributed by atoms with E-state index in [9.17, 15) is 4.79 Å². The van der Waals surface area contributed by atoms with Gasteiger partial charge in [0.05, 0.1) is 12.1 Å². The van der Waals surface area contributed by atoms with E-state index in [1.54, 1.807) is 12.1 Å². The van der Waals surface area contributed by atoms with Gasteiger partial charge in [-0.3, -0.25) is 9.69 Å². The van der Waals surface area contributed by atoms with Crippen molar-refractivity contribution in [1.29, 1.82) is 0 Å². The number of nitrogens with one attached hydrogen (secondary N) is 1. The predicted molar refractivity (Wildman–Crippen MR) is 102 cm³/mol. The van der Waals surface area contributed by atoms with Crippen LogP contribution in [-0.4, -0.2) is 37.0 Å². The highest BCUT2D eigenvalue weighted by Crippen LogP contribution is 2.17. The van der Waals surface area contributed by atoms with Crippen LogP contribution < -0.4 is 10.1 Å². The smallest absolute Gasteiger partial charge is 0.237 e. The van der Waals surface area contributed by atoms with Crippen LogP contribution in [0.15, 0.2) is 54.6 Å². The summed E-state index contributed by atoms with van der Waals surface area (Å²) in [6.45, 7) is 5.01. The molecule has 4 nitrogen and oxygen atoms in total.